The highest BCUT2D eigenvalue weighted by molar-refractivity contribution is 6.55. The van der Waals surface area contributed by atoms with E-state index in [0.717, 1.165) is 5.56 Å². The molecule has 1 atom stereocenters. The first-order chi connectivity index (χ1) is 10.4. The molecule has 1 saturated heterocycles. The number of hydrogen-bond donors (Lipinski definition) is 1. The Labute approximate surface area is 128 Å². The summed E-state index contributed by atoms with van der Waals surface area (Å²) in [6.45, 7) is 1.66. The zero-order chi connectivity index (χ0) is 16.3. The lowest BCUT2D eigenvalue weighted by Crippen LogP contribution is -2.46. The SMILES string of the molecule is Cc1ccc(C(B2OC(=O)CN(C)CC(=O)O2)C(=O)O)cc1. The summed E-state index contributed by atoms with van der Waals surface area (Å²) in [7, 11) is 0.0891. The van der Waals surface area contributed by atoms with Crippen molar-refractivity contribution in [2.75, 3.05) is 20.1 Å². The van der Waals surface area contributed by atoms with E-state index in [1.807, 2.05) is 6.92 Å². The van der Waals surface area contributed by atoms with E-state index in [9.17, 15) is 19.5 Å². The van der Waals surface area contributed by atoms with Crippen molar-refractivity contribution in [3.05, 3.63) is 35.4 Å². The van der Waals surface area contributed by atoms with Gasteiger partial charge in [0.05, 0.1) is 13.1 Å². The summed E-state index contributed by atoms with van der Waals surface area (Å²) in [5, 5.41) is 9.44. The number of carboxylic acid groups (broad SMARTS) is 1. The van der Waals surface area contributed by atoms with Crippen molar-refractivity contribution in [2.45, 2.75) is 12.7 Å². The molecular weight excluding hydrogens is 289 g/mol. The Kier molecular flexibility index (Phi) is 4.82. The molecule has 1 N–H and O–H groups in total. The molecule has 1 aliphatic rings. The van der Waals surface area contributed by atoms with E-state index < -0.39 is 30.8 Å². The second-order valence-electron chi connectivity index (χ2n) is 5.25. The molecule has 0 radical (unpaired) electrons. The quantitative estimate of drug-likeness (QED) is 0.799. The molecule has 8 heteroatoms. The smallest absolute Gasteiger partial charge is 0.497 e. The van der Waals surface area contributed by atoms with Gasteiger partial charge in [-0.15, -0.1) is 0 Å². The van der Waals surface area contributed by atoms with Gasteiger partial charge in [0.15, 0.2) is 0 Å². The van der Waals surface area contributed by atoms with Crippen LogP contribution in [0.2, 0.25) is 0 Å². The van der Waals surface area contributed by atoms with Crippen LogP contribution in [-0.2, 0) is 23.7 Å². The fourth-order valence-electron chi connectivity index (χ4n) is 2.18. The summed E-state index contributed by atoms with van der Waals surface area (Å²) < 4.78 is 10.1. The fraction of sp³-hybridized carbons (Fsp3) is 0.357. The molecule has 22 heavy (non-hydrogen) atoms. The maximum Gasteiger partial charge on any atom is 0.618 e. The van der Waals surface area contributed by atoms with Gasteiger partial charge in [-0.05, 0) is 19.5 Å². The standard InChI is InChI=1S/C14H16BNO6/c1-9-3-5-10(6-4-9)13(14(19)20)15-21-11(17)7-16(2)8-12(18)22-15/h3-6,13H,7-8H2,1-2H3,(H,19,20). The van der Waals surface area contributed by atoms with Crippen molar-refractivity contribution in [2.24, 2.45) is 0 Å². The fourth-order valence-corrected chi connectivity index (χ4v) is 2.18. The van der Waals surface area contributed by atoms with Gasteiger partial charge in [0, 0.05) is 0 Å². The summed E-state index contributed by atoms with van der Waals surface area (Å²) >= 11 is 0. The van der Waals surface area contributed by atoms with Gasteiger partial charge < -0.3 is 14.4 Å². The maximum absolute atomic E-state index is 11.7. The molecule has 7 nitrogen and oxygen atoms in total. The van der Waals surface area contributed by atoms with Crippen molar-refractivity contribution in [3.8, 4) is 0 Å². The lowest BCUT2D eigenvalue weighted by atomic mass is 9.67. The van der Waals surface area contributed by atoms with Crippen molar-refractivity contribution < 1.29 is 28.8 Å². The molecule has 2 rings (SSSR count). The van der Waals surface area contributed by atoms with Crippen molar-refractivity contribution >= 4 is 25.0 Å². The molecule has 1 fully saturated rings. The van der Waals surface area contributed by atoms with E-state index in [0.29, 0.717) is 5.56 Å². The van der Waals surface area contributed by atoms with Gasteiger partial charge in [0.25, 0.3) is 0 Å². The number of likely N-dealkylation sites (N-methyl/N-ethyl adjacent to an activating group) is 1. The van der Waals surface area contributed by atoms with E-state index in [4.69, 9.17) is 9.31 Å². The third kappa shape index (κ3) is 3.85. The van der Waals surface area contributed by atoms with Crippen LogP contribution in [0.25, 0.3) is 0 Å². The molecule has 1 aromatic rings. The molecule has 0 bridgehead atoms. The van der Waals surface area contributed by atoms with E-state index >= 15 is 0 Å². The van der Waals surface area contributed by atoms with Gasteiger partial charge >= 0.3 is 25.0 Å². The van der Waals surface area contributed by atoms with Crippen molar-refractivity contribution in [3.63, 3.8) is 0 Å². The van der Waals surface area contributed by atoms with Gasteiger partial charge in [0.2, 0.25) is 0 Å². The van der Waals surface area contributed by atoms with E-state index in [-0.39, 0.29) is 13.1 Å². The first kappa shape index (κ1) is 16.0. The van der Waals surface area contributed by atoms with Crippen LogP contribution in [0, 0.1) is 6.92 Å². The summed E-state index contributed by atoms with van der Waals surface area (Å²) in [5.74, 6) is -3.78. The van der Waals surface area contributed by atoms with Gasteiger partial charge in [-0.1, -0.05) is 29.8 Å². The molecule has 0 aliphatic carbocycles. The third-order valence-electron chi connectivity index (χ3n) is 3.27. The minimum absolute atomic E-state index is 0.105. The van der Waals surface area contributed by atoms with Crippen LogP contribution < -0.4 is 0 Å². The monoisotopic (exact) mass is 305 g/mol. The molecular formula is C14H16BNO6. The second-order valence-corrected chi connectivity index (χ2v) is 5.25. The first-order valence-corrected chi connectivity index (χ1v) is 6.73. The molecule has 0 aromatic heterocycles. The number of aliphatic carboxylic acids is 1. The Balaban J connectivity index is 2.29. The molecule has 1 unspecified atom stereocenters. The topological polar surface area (TPSA) is 93.1 Å². The number of aryl methyl sites for hydroxylation is 1. The molecule has 1 aliphatic heterocycles. The highest BCUT2D eigenvalue weighted by atomic mass is 16.6. The summed E-state index contributed by atoms with van der Waals surface area (Å²) in [5.41, 5.74) is 1.36. The summed E-state index contributed by atoms with van der Waals surface area (Å²) in [6.07, 6.45) is 0. The number of benzene rings is 1. The molecule has 116 valence electrons. The van der Waals surface area contributed by atoms with Gasteiger partial charge in [-0.25, -0.2) is 0 Å². The number of nitrogens with zero attached hydrogens (tertiary/aromatic N) is 1. The summed E-state index contributed by atoms with van der Waals surface area (Å²) in [6, 6.07) is 6.71. The van der Waals surface area contributed by atoms with Crippen LogP contribution >= 0.6 is 0 Å². The average Bonchev–Trinajstić information content (AvgIpc) is 2.38. The van der Waals surface area contributed by atoms with Crippen LogP contribution in [0.4, 0.5) is 0 Å². The zero-order valence-corrected chi connectivity index (χ0v) is 12.3. The normalized spacial score (nSPS) is 18.0. The second kappa shape index (κ2) is 6.61. The highest BCUT2D eigenvalue weighted by Crippen LogP contribution is 2.22. The van der Waals surface area contributed by atoms with Crippen LogP contribution in [0.1, 0.15) is 16.9 Å². The molecule has 0 saturated carbocycles. The average molecular weight is 305 g/mol. The first-order valence-electron chi connectivity index (χ1n) is 6.73. The molecule has 1 heterocycles. The Morgan fingerprint density at radius 1 is 1.18 bits per heavy atom. The Morgan fingerprint density at radius 2 is 1.68 bits per heavy atom. The Morgan fingerprint density at radius 3 is 2.14 bits per heavy atom. The third-order valence-corrected chi connectivity index (χ3v) is 3.27. The van der Waals surface area contributed by atoms with Crippen LogP contribution in [-0.4, -0.2) is 55.2 Å². The highest BCUT2D eigenvalue weighted by Gasteiger charge is 2.45. The Bertz CT molecular complexity index is 568. The zero-order valence-electron chi connectivity index (χ0n) is 12.3. The number of carboxylic acids is 1. The van der Waals surface area contributed by atoms with Crippen molar-refractivity contribution in [1.29, 1.82) is 0 Å². The van der Waals surface area contributed by atoms with Crippen LogP contribution in [0.3, 0.4) is 0 Å². The van der Waals surface area contributed by atoms with E-state index in [1.54, 1.807) is 31.3 Å². The van der Waals surface area contributed by atoms with Crippen LogP contribution in [0.5, 0.6) is 0 Å². The van der Waals surface area contributed by atoms with Crippen molar-refractivity contribution in [1.82, 2.24) is 4.90 Å². The lowest BCUT2D eigenvalue weighted by molar-refractivity contribution is -0.146. The molecule has 1 aromatic carbocycles. The minimum atomic E-state index is -1.48. The molecule has 0 spiro atoms. The number of carbonyl (C=O) groups excluding carboxylic acids is 2. The number of rotatable bonds is 3. The predicted molar refractivity (Wildman–Crippen MR) is 77.0 cm³/mol. The van der Waals surface area contributed by atoms with E-state index in [1.165, 1.54) is 4.90 Å². The van der Waals surface area contributed by atoms with Gasteiger partial charge in [0.1, 0.15) is 5.82 Å². The van der Waals surface area contributed by atoms with Gasteiger partial charge in [-0.3, -0.25) is 19.3 Å². The minimum Gasteiger partial charge on any atom is -0.497 e. The Hall–Kier alpha value is -2.35. The molecule has 0 amide bonds. The van der Waals surface area contributed by atoms with Gasteiger partial charge in [-0.2, -0.15) is 0 Å². The lowest BCUT2D eigenvalue weighted by Gasteiger charge is -2.25. The summed E-state index contributed by atoms with van der Waals surface area (Å²) in [4.78, 5) is 36.5. The van der Waals surface area contributed by atoms with Crippen LogP contribution in [0.15, 0.2) is 24.3 Å². The largest absolute Gasteiger partial charge is 0.618 e. The number of hydrogen-bond acceptors (Lipinski definition) is 6. The maximum atomic E-state index is 11.7. The number of carbonyl (C=O) groups is 3. The predicted octanol–water partition coefficient (Wildman–Crippen LogP) is 0.222. The van der Waals surface area contributed by atoms with E-state index in [2.05, 4.69) is 0 Å².